The molecule has 0 saturated carbocycles. The van der Waals surface area contributed by atoms with Gasteiger partial charge in [0.05, 0.1) is 0 Å². The Balaban J connectivity index is 2.31. The Morgan fingerprint density at radius 3 is 1.91 bits per heavy atom. The normalized spacial score (nSPS) is 10.7. The van der Waals surface area contributed by atoms with E-state index in [4.69, 9.17) is 0 Å². The third kappa shape index (κ3) is 2.93. The Bertz CT molecular complexity index is 793. The molecule has 0 atom stereocenters. The highest BCUT2D eigenvalue weighted by molar-refractivity contribution is 5.89. The minimum atomic E-state index is 0.155. The topological polar surface area (TPSA) is 40.5 Å². The monoisotopic (exact) mass is 304 g/mol. The smallest absolute Gasteiger partial charge is 0.130 e. The van der Waals surface area contributed by atoms with E-state index in [0.29, 0.717) is 12.0 Å². The Morgan fingerprint density at radius 1 is 0.783 bits per heavy atom. The Morgan fingerprint density at radius 2 is 1.35 bits per heavy atom. The number of hydrogen-bond donors (Lipinski definition) is 2. The number of rotatable bonds is 4. The predicted octanol–water partition coefficient (Wildman–Crippen LogP) is 5.38. The molecule has 0 spiro atoms. The lowest BCUT2D eigenvalue weighted by Crippen LogP contribution is -1.93. The molecule has 2 N–H and O–H groups in total. The first-order valence-corrected chi connectivity index (χ1v) is 7.91. The van der Waals surface area contributed by atoms with Crippen molar-refractivity contribution in [3.05, 3.63) is 72.3 Å². The number of phenolic OH excluding ortho intramolecular Hbond substituents is 2. The highest BCUT2D eigenvalue weighted by Crippen LogP contribution is 2.45. The van der Waals surface area contributed by atoms with Gasteiger partial charge >= 0.3 is 0 Å². The minimum absolute atomic E-state index is 0.155. The van der Waals surface area contributed by atoms with Gasteiger partial charge in [0.2, 0.25) is 0 Å². The fraction of sp³-hybridized carbons (Fsp3) is 0.143. The molecule has 0 aliphatic heterocycles. The van der Waals surface area contributed by atoms with Crippen molar-refractivity contribution in [1.82, 2.24) is 0 Å². The van der Waals surface area contributed by atoms with E-state index in [0.717, 1.165) is 28.7 Å². The molecule has 0 unspecified atom stereocenters. The van der Waals surface area contributed by atoms with Crippen molar-refractivity contribution in [3.63, 3.8) is 0 Å². The summed E-state index contributed by atoms with van der Waals surface area (Å²) in [6, 6.07) is 21.4. The lowest BCUT2D eigenvalue weighted by molar-refractivity contribution is 0.439. The molecule has 0 aliphatic rings. The molecule has 0 heterocycles. The van der Waals surface area contributed by atoms with Gasteiger partial charge in [0.1, 0.15) is 11.5 Å². The van der Waals surface area contributed by atoms with Crippen LogP contribution in [0.2, 0.25) is 0 Å². The molecule has 0 radical (unpaired) electrons. The molecule has 3 aromatic carbocycles. The summed E-state index contributed by atoms with van der Waals surface area (Å²) in [5.74, 6) is 0.333. The summed E-state index contributed by atoms with van der Waals surface area (Å²) in [7, 11) is 0. The van der Waals surface area contributed by atoms with E-state index in [2.05, 4.69) is 0 Å². The maximum atomic E-state index is 10.8. The van der Waals surface area contributed by atoms with Crippen LogP contribution >= 0.6 is 0 Å². The van der Waals surface area contributed by atoms with Crippen LogP contribution in [0.3, 0.4) is 0 Å². The van der Waals surface area contributed by atoms with Crippen molar-refractivity contribution in [1.29, 1.82) is 0 Å². The second kappa shape index (κ2) is 6.57. The fourth-order valence-corrected chi connectivity index (χ4v) is 2.93. The van der Waals surface area contributed by atoms with Crippen molar-refractivity contribution in [3.8, 4) is 33.8 Å². The van der Waals surface area contributed by atoms with Crippen LogP contribution in [0.5, 0.6) is 11.5 Å². The molecule has 0 aliphatic carbocycles. The molecule has 0 fully saturated rings. The van der Waals surface area contributed by atoms with Crippen molar-refractivity contribution < 1.29 is 10.2 Å². The van der Waals surface area contributed by atoms with Crippen molar-refractivity contribution in [2.45, 2.75) is 19.8 Å². The maximum Gasteiger partial charge on any atom is 0.130 e. The van der Waals surface area contributed by atoms with Gasteiger partial charge in [-0.2, -0.15) is 0 Å². The zero-order chi connectivity index (χ0) is 16.2. The number of phenols is 2. The molecule has 0 saturated heterocycles. The first-order chi connectivity index (χ1) is 11.2. The van der Waals surface area contributed by atoms with E-state index in [1.165, 1.54) is 0 Å². The van der Waals surface area contributed by atoms with Crippen molar-refractivity contribution in [2.75, 3.05) is 0 Å². The molecular weight excluding hydrogens is 284 g/mol. The molecule has 0 bridgehead atoms. The van der Waals surface area contributed by atoms with Gasteiger partial charge in [-0.05, 0) is 29.2 Å². The third-order valence-corrected chi connectivity index (χ3v) is 4.03. The largest absolute Gasteiger partial charge is 0.508 e. The van der Waals surface area contributed by atoms with Crippen LogP contribution in [0.4, 0.5) is 0 Å². The highest BCUT2D eigenvalue weighted by atomic mass is 16.3. The Hall–Kier alpha value is -2.74. The lowest BCUT2D eigenvalue weighted by atomic mass is 9.90. The average Bonchev–Trinajstić information content (AvgIpc) is 2.59. The first kappa shape index (κ1) is 15.2. The van der Waals surface area contributed by atoms with Gasteiger partial charge in [0, 0.05) is 11.1 Å². The van der Waals surface area contributed by atoms with Gasteiger partial charge in [0.15, 0.2) is 0 Å². The Kier molecular flexibility index (Phi) is 4.33. The predicted molar refractivity (Wildman–Crippen MR) is 94.6 cm³/mol. The van der Waals surface area contributed by atoms with E-state index >= 15 is 0 Å². The van der Waals surface area contributed by atoms with Crippen LogP contribution in [0.1, 0.15) is 18.9 Å². The molecule has 116 valence electrons. The van der Waals surface area contributed by atoms with Crippen molar-refractivity contribution in [2.24, 2.45) is 0 Å². The van der Waals surface area contributed by atoms with Crippen LogP contribution in [0.15, 0.2) is 66.7 Å². The van der Waals surface area contributed by atoms with Crippen LogP contribution in [-0.2, 0) is 6.42 Å². The first-order valence-electron chi connectivity index (χ1n) is 7.91. The van der Waals surface area contributed by atoms with E-state index in [9.17, 15) is 10.2 Å². The molecular formula is C21H20O2. The Labute approximate surface area is 136 Å². The summed E-state index contributed by atoms with van der Waals surface area (Å²) in [5.41, 5.74) is 4.15. The summed E-state index contributed by atoms with van der Waals surface area (Å²) in [4.78, 5) is 0. The minimum Gasteiger partial charge on any atom is -0.508 e. The summed E-state index contributed by atoms with van der Waals surface area (Å²) in [5, 5.41) is 21.2. The molecule has 0 aromatic heterocycles. The number of benzene rings is 3. The van der Waals surface area contributed by atoms with E-state index in [1.54, 1.807) is 6.07 Å². The summed E-state index contributed by atoms with van der Waals surface area (Å²) < 4.78 is 0. The second-order valence-electron chi connectivity index (χ2n) is 5.63. The molecule has 3 rings (SSSR count). The van der Waals surface area contributed by atoms with Crippen molar-refractivity contribution >= 4 is 0 Å². The number of hydrogen-bond acceptors (Lipinski definition) is 2. The van der Waals surface area contributed by atoms with Gasteiger partial charge in [-0.15, -0.1) is 0 Å². The molecule has 2 nitrogen and oxygen atoms in total. The van der Waals surface area contributed by atoms with E-state index in [-0.39, 0.29) is 11.5 Å². The fourth-order valence-electron chi connectivity index (χ4n) is 2.93. The van der Waals surface area contributed by atoms with E-state index < -0.39 is 0 Å². The second-order valence-corrected chi connectivity index (χ2v) is 5.63. The molecule has 2 heteroatoms. The van der Waals surface area contributed by atoms with Gasteiger partial charge in [-0.3, -0.25) is 0 Å². The van der Waals surface area contributed by atoms with Crippen LogP contribution in [0.25, 0.3) is 22.3 Å². The zero-order valence-electron chi connectivity index (χ0n) is 13.2. The summed E-state index contributed by atoms with van der Waals surface area (Å²) in [6.45, 7) is 2.03. The average molecular weight is 304 g/mol. The maximum absolute atomic E-state index is 10.8. The van der Waals surface area contributed by atoms with Crippen LogP contribution in [0, 0.1) is 0 Å². The van der Waals surface area contributed by atoms with Gasteiger partial charge in [0.25, 0.3) is 0 Å². The summed E-state index contributed by atoms with van der Waals surface area (Å²) >= 11 is 0. The van der Waals surface area contributed by atoms with Gasteiger partial charge in [-0.25, -0.2) is 0 Å². The third-order valence-electron chi connectivity index (χ3n) is 4.03. The molecule has 0 amide bonds. The SMILES string of the molecule is CCCc1c(O)cc(-c2ccccc2)c(-c2ccccc2)c1O. The van der Waals surface area contributed by atoms with E-state index in [1.807, 2.05) is 67.6 Å². The molecule has 3 aromatic rings. The zero-order valence-corrected chi connectivity index (χ0v) is 13.2. The quantitative estimate of drug-likeness (QED) is 0.679. The van der Waals surface area contributed by atoms with Crippen LogP contribution < -0.4 is 0 Å². The standard InChI is InChI=1S/C21H20O2/c1-2-9-17-19(22)14-18(15-10-5-3-6-11-15)20(21(17)23)16-12-7-4-8-13-16/h3-8,10-14,22-23H,2,9H2,1H3. The lowest BCUT2D eigenvalue weighted by Gasteiger charge is -2.17. The van der Waals surface area contributed by atoms with Gasteiger partial charge < -0.3 is 10.2 Å². The summed E-state index contributed by atoms with van der Waals surface area (Å²) in [6.07, 6.45) is 1.51. The highest BCUT2D eigenvalue weighted by Gasteiger charge is 2.19. The van der Waals surface area contributed by atoms with Crippen LogP contribution in [-0.4, -0.2) is 10.2 Å². The van der Waals surface area contributed by atoms with Gasteiger partial charge in [-0.1, -0.05) is 74.0 Å². The molecule has 23 heavy (non-hydrogen) atoms. The number of aromatic hydroxyl groups is 2.